The van der Waals surface area contributed by atoms with Crippen LogP contribution in [0.25, 0.3) is 0 Å². The van der Waals surface area contributed by atoms with Gasteiger partial charge in [-0.3, -0.25) is 4.90 Å². The molecule has 0 spiro atoms. The molecule has 2 heteroatoms. The van der Waals surface area contributed by atoms with Crippen LogP contribution >= 0.6 is 0 Å². The minimum Gasteiger partial charge on any atom is -0.314 e. The summed E-state index contributed by atoms with van der Waals surface area (Å²) >= 11 is 0. The minimum atomic E-state index is 0.549. The standard InChI is InChI=1S/C14H28N2/c1-11-7-13(9-14(3,4)8-11)16-6-5-15-10-12(16)2/h11-13,15H,5-10H2,1-4H3. The second-order valence-corrected chi connectivity index (χ2v) is 6.86. The molecule has 2 nitrogen and oxygen atoms in total. The maximum absolute atomic E-state index is 3.49. The monoisotopic (exact) mass is 224 g/mol. The second-order valence-electron chi connectivity index (χ2n) is 6.86. The highest BCUT2D eigenvalue weighted by Gasteiger charge is 2.36. The Morgan fingerprint density at radius 2 is 1.94 bits per heavy atom. The Morgan fingerprint density at radius 1 is 1.19 bits per heavy atom. The van der Waals surface area contributed by atoms with Gasteiger partial charge < -0.3 is 5.32 Å². The van der Waals surface area contributed by atoms with Crippen LogP contribution in [0.15, 0.2) is 0 Å². The van der Waals surface area contributed by atoms with E-state index in [2.05, 4.69) is 37.9 Å². The molecule has 94 valence electrons. The predicted octanol–water partition coefficient (Wildman–Crippen LogP) is 2.49. The Hall–Kier alpha value is -0.0800. The van der Waals surface area contributed by atoms with Crippen molar-refractivity contribution in [2.24, 2.45) is 11.3 Å². The van der Waals surface area contributed by atoms with Crippen molar-refractivity contribution in [1.29, 1.82) is 0 Å². The molecule has 0 aromatic rings. The fourth-order valence-corrected chi connectivity index (χ4v) is 3.95. The van der Waals surface area contributed by atoms with Crippen molar-refractivity contribution < 1.29 is 0 Å². The number of nitrogens with one attached hydrogen (secondary N) is 1. The Morgan fingerprint density at radius 3 is 2.56 bits per heavy atom. The molecular weight excluding hydrogens is 196 g/mol. The van der Waals surface area contributed by atoms with E-state index in [-0.39, 0.29) is 0 Å². The van der Waals surface area contributed by atoms with Crippen LogP contribution in [0.1, 0.15) is 47.0 Å². The zero-order chi connectivity index (χ0) is 11.8. The summed E-state index contributed by atoms with van der Waals surface area (Å²) in [7, 11) is 0. The first-order valence-corrected chi connectivity index (χ1v) is 6.94. The fraction of sp³-hybridized carbons (Fsp3) is 1.00. The first-order valence-electron chi connectivity index (χ1n) is 6.94. The summed E-state index contributed by atoms with van der Waals surface area (Å²) in [5.74, 6) is 0.899. The summed E-state index contributed by atoms with van der Waals surface area (Å²) in [6, 6.07) is 1.55. The Labute approximate surface area is 101 Å². The maximum atomic E-state index is 3.49. The predicted molar refractivity (Wildman–Crippen MR) is 69.6 cm³/mol. The average molecular weight is 224 g/mol. The maximum Gasteiger partial charge on any atom is 0.0195 e. The van der Waals surface area contributed by atoms with Crippen molar-refractivity contribution in [2.45, 2.75) is 59.0 Å². The molecule has 0 aromatic heterocycles. The van der Waals surface area contributed by atoms with Crippen LogP contribution < -0.4 is 5.32 Å². The van der Waals surface area contributed by atoms with E-state index in [0.29, 0.717) is 5.41 Å². The van der Waals surface area contributed by atoms with Crippen LogP contribution in [0.5, 0.6) is 0 Å². The molecule has 1 N–H and O–H groups in total. The van der Waals surface area contributed by atoms with E-state index in [4.69, 9.17) is 0 Å². The van der Waals surface area contributed by atoms with Crippen LogP contribution in [0, 0.1) is 11.3 Å². The molecular formula is C14H28N2. The Kier molecular flexibility index (Phi) is 3.60. The lowest BCUT2D eigenvalue weighted by molar-refractivity contribution is 0.0327. The van der Waals surface area contributed by atoms with Gasteiger partial charge in [0.1, 0.15) is 0 Å². The van der Waals surface area contributed by atoms with E-state index >= 15 is 0 Å². The normalized spacial score (nSPS) is 40.9. The van der Waals surface area contributed by atoms with Crippen molar-refractivity contribution in [3.63, 3.8) is 0 Å². The van der Waals surface area contributed by atoms with E-state index in [1.165, 1.54) is 38.9 Å². The lowest BCUT2D eigenvalue weighted by Crippen LogP contribution is -2.56. The Bertz CT molecular complexity index is 237. The van der Waals surface area contributed by atoms with Gasteiger partial charge in [-0.2, -0.15) is 0 Å². The molecule has 1 heterocycles. The molecule has 2 rings (SSSR count). The summed E-state index contributed by atoms with van der Waals surface area (Å²) < 4.78 is 0. The van der Waals surface area contributed by atoms with Gasteiger partial charge in [0.05, 0.1) is 0 Å². The van der Waals surface area contributed by atoms with E-state index in [9.17, 15) is 0 Å². The molecule has 1 aliphatic heterocycles. The highest BCUT2D eigenvalue weighted by molar-refractivity contribution is 4.91. The first kappa shape index (κ1) is 12.4. The van der Waals surface area contributed by atoms with Gasteiger partial charge in [-0.15, -0.1) is 0 Å². The van der Waals surface area contributed by atoms with Crippen molar-refractivity contribution in [2.75, 3.05) is 19.6 Å². The van der Waals surface area contributed by atoms with Gasteiger partial charge in [0.15, 0.2) is 0 Å². The number of hydrogen-bond donors (Lipinski definition) is 1. The molecule has 2 fully saturated rings. The van der Waals surface area contributed by atoms with Crippen LogP contribution in [-0.2, 0) is 0 Å². The molecule has 0 bridgehead atoms. The van der Waals surface area contributed by atoms with Crippen LogP contribution in [0.2, 0.25) is 0 Å². The molecule has 0 amide bonds. The van der Waals surface area contributed by atoms with Crippen molar-refractivity contribution in [3.8, 4) is 0 Å². The Balaban J connectivity index is 2.02. The topological polar surface area (TPSA) is 15.3 Å². The van der Waals surface area contributed by atoms with E-state index in [1.54, 1.807) is 0 Å². The highest BCUT2D eigenvalue weighted by Crippen LogP contribution is 2.40. The third-order valence-electron chi connectivity index (χ3n) is 4.39. The minimum absolute atomic E-state index is 0.549. The summed E-state index contributed by atoms with van der Waals surface area (Å²) in [5.41, 5.74) is 0.549. The van der Waals surface area contributed by atoms with Crippen molar-refractivity contribution in [3.05, 3.63) is 0 Å². The molecule has 0 aromatic carbocycles. The zero-order valence-corrected chi connectivity index (χ0v) is 11.4. The van der Waals surface area contributed by atoms with E-state index in [1.807, 2.05) is 0 Å². The molecule has 1 saturated heterocycles. The largest absolute Gasteiger partial charge is 0.314 e. The van der Waals surface area contributed by atoms with Gasteiger partial charge in [0.25, 0.3) is 0 Å². The second kappa shape index (κ2) is 4.66. The number of nitrogens with zero attached hydrogens (tertiary/aromatic N) is 1. The van der Waals surface area contributed by atoms with Gasteiger partial charge in [-0.1, -0.05) is 20.8 Å². The molecule has 16 heavy (non-hydrogen) atoms. The molecule has 0 radical (unpaired) electrons. The summed E-state index contributed by atoms with van der Waals surface area (Å²) in [4.78, 5) is 2.76. The lowest BCUT2D eigenvalue weighted by atomic mass is 9.70. The third kappa shape index (κ3) is 2.78. The molecule has 3 atom stereocenters. The quantitative estimate of drug-likeness (QED) is 0.736. The van der Waals surface area contributed by atoms with Crippen LogP contribution in [0.4, 0.5) is 0 Å². The summed E-state index contributed by atoms with van der Waals surface area (Å²) in [5, 5.41) is 3.49. The smallest absolute Gasteiger partial charge is 0.0195 e. The van der Waals surface area contributed by atoms with Gasteiger partial charge in [-0.05, 0) is 37.5 Å². The van der Waals surface area contributed by atoms with Crippen LogP contribution in [-0.4, -0.2) is 36.6 Å². The van der Waals surface area contributed by atoms with Crippen molar-refractivity contribution in [1.82, 2.24) is 10.2 Å². The number of rotatable bonds is 1. The van der Waals surface area contributed by atoms with Gasteiger partial charge in [0.2, 0.25) is 0 Å². The van der Waals surface area contributed by atoms with Crippen molar-refractivity contribution >= 4 is 0 Å². The molecule has 3 unspecified atom stereocenters. The van der Waals surface area contributed by atoms with Gasteiger partial charge in [-0.25, -0.2) is 0 Å². The first-order chi connectivity index (χ1) is 7.48. The molecule has 1 saturated carbocycles. The van der Waals surface area contributed by atoms with E-state index in [0.717, 1.165) is 18.0 Å². The van der Waals surface area contributed by atoms with Crippen LogP contribution in [0.3, 0.4) is 0 Å². The summed E-state index contributed by atoms with van der Waals surface area (Å²) in [6.45, 7) is 13.3. The number of hydrogen-bond acceptors (Lipinski definition) is 2. The number of piperazine rings is 1. The molecule has 1 aliphatic carbocycles. The van der Waals surface area contributed by atoms with E-state index < -0.39 is 0 Å². The average Bonchev–Trinajstić information content (AvgIpc) is 2.15. The third-order valence-corrected chi connectivity index (χ3v) is 4.39. The lowest BCUT2D eigenvalue weighted by Gasteiger charge is -2.47. The summed E-state index contributed by atoms with van der Waals surface area (Å²) in [6.07, 6.45) is 4.21. The zero-order valence-electron chi connectivity index (χ0n) is 11.4. The highest BCUT2D eigenvalue weighted by atomic mass is 15.2. The fourth-order valence-electron chi connectivity index (χ4n) is 3.95. The molecule has 2 aliphatic rings. The van der Waals surface area contributed by atoms with Gasteiger partial charge in [0, 0.05) is 31.7 Å². The van der Waals surface area contributed by atoms with Gasteiger partial charge >= 0.3 is 0 Å². The SMILES string of the molecule is CC1CC(N2CCNCC2C)CC(C)(C)C1.